The van der Waals surface area contributed by atoms with E-state index >= 15 is 0 Å². The Bertz CT molecular complexity index is 1450. The third-order valence-corrected chi connectivity index (χ3v) is 6.32. The number of hydrogen-bond donors (Lipinski definition) is 2. The lowest BCUT2D eigenvalue weighted by Gasteiger charge is -2.30. The number of rotatable bonds is 1. The summed E-state index contributed by atoms with van der Waals surface area (Å²) in [6.45, 7) is 3.57. The van der Waals surface area contributed by atoms with Crippen molar-refractivity contribution in [3.05, 3.63) is 96.2 Å². The Balaban J connectivity index is 1.91. The van der Waals surface area contributed by atoms with Gasteiger partial charge in [-0.2, -0.15) is 0 Å². The molecule has 0 fully saturated rings. The van der Waals surface area contributed by atoms with E-state index in [1.165, 1.54) is 11.6 Å². The Morgan fingerprint density at radius 1 is 0.935 bits per heavy atom. The minimum absolute atomic E-state index is 0.145. The van der Waals surface area contributed by atoms with Crippen LogP contribution < -0.4 is 16.6 Å². The molecule has 7 nitrogen and oxygen atoms in total. The number of nitrogens with one attached hydrogen (secondary N) is 1. The van der Waals surface area contributed by atoms with Gasteiger partial charge in [-0.25, -0.2) is 4.79 Å². The molecule has 5 rings (SSSR count). The van der Waals surface area contributed by atoms with E-state index in [0.717, 1.165) is 15.7 Å². The van der Waals surface area contributed by atoms with Crippen molar-refractivity contribution in [2.75, 3.05) is 5.32 Å². The molecular formula is C24H21N3O4. The van der Waals surface area contributed by atoms with E-state index in [1.54, 1.807) is 45.2 Å². The average Bonchev–Trinajstić information content (AvgIpc) is 3.05. The van der Waals surface area contributed by atoms with Crippen LogP contribution in [0.3, 0.4) is 0 Å². The number of allylic oxidation sites excluding steroid dienone is 1. The number of carbonyl (C=O) groups is 1. The van der Waals surface area contributed by atoms with Crippen LogP contribution in [0.2, 0.25) is 0 Å². The molecule has 0 bridgehead atoms. The van der Waals surface area contributed by atoms with Crippen molar-refractivity contribution in [2.24, 2.45) is 14.1 Å². The summed E-state index contributed by atoms with van der Waals surface area (Å²) in [6, 6.07) is 10.9. The van der Waals surface area contributed by atoms with E-state index in [9.17, 15) is 19.5 Å². The van der Waals surface area contributed by atoms with Gasteiger partial charge in [0.05, 0.1) is 11.3 Å². The van der Waals surface area contributed by atoms with E-state index in [-0.39, 0.29) is 11.5 Å². The second-order valence-corrected chi connectivity index (χ2v) is 8.19. The molecule has 1 aromatic heterocycles. The summed E-state index contributed by atoms with van der Waals surface area (Å²) in [7, 11) is 3.04. The molecule has 2 N–H and O–H groups in total. The fraction of sp³-hybridized carbons (Fsp3) is 0.208. The third-order valence-electron chi connectivity index (χ3n) is 6.32. The molecule has 156 valence electrons. The molecule has 0 saturated carbocycles. The van der Waals surface area contributed by atoms with Crippen LogP contribution in [0.4, 0.5) is 5.82 Å². The molecule has 0 radical (unpaired) electrons. The predicted molar refractivity (Wildman–Crippen MR) is 118 cm³/mol. The van der Waals surface area contributed by atoms with Gasteiger partial charge in [-0.1, -0.05) is 36.4 Å². The van der Waals surface area contributed by atoms with Gasteiger partial charge in [0.25, 0.3) is 5.56 Å². The van der Waals surface area contributed by atoms with Gasteiger partial charge in [-0.15, -0.1) is 0 Å². The highest BCUT2D eigenvalue weighted by Crippen LogP contribution is 2.48. The van der Waals surface area contributed by atoms with E-state index in [0.29, 0.717) is 39.3 Å². The van der Waals surface area contributed by atoms with E-state index < -0.39 is 17.2 Å². The van der Waals surface area contributed by atoms with Gasteiger partial charge < -0.3 is 10.4 Å². The van der Waals surface area contributed by atoms with Crippen LogP contribution in [0.5, 0.6) is 5.75 Å². The van der Waals surface area contributed by atoms with Gasteiger partial charge in [0.1, 0.15) is 11.6 Å². The van der Waals surface area contributed by atoms with Gasteiger partial charge in [0, 0.05) is 36.7 Å². The van der Waals surface area contributed by atoms with Crippen LogP contribution in [0.1, 0.15) is 44.1 Å². The molecular weight excluding hydrogens is 394 g/mol. The fourth-order valence-electron chi connectivity index (χ4n) is 4.75. The minimum Gasteiger partial charge on any atom is -0.507 e. The second kappa shape index (κ2) is 6.31. The number of fused-ring (bicyclic) bond motifs is 3. The van der Waals surface area contributed by atoms with Crippen LogP contribution in [0, 0.1) is 13.8 Å². The first-order valence-electron chi connectivity index (χ1n) is 9.97. The number of ketones is 1. The molecule has 3 aromatic rings. The highest BCUT2D eigenvalue weighted by Gasteiger charge is 2.42. The monoisotopic (exact) mass is 415 g/mol. The summed E-state index contributed by atoms with van der Waals surface area (Å²) >= 11 is 0. The normalized spacial score (nSPS) is 16.6. The number of phenols is 1. The summed E-state index contributed by atoms with van der Waals surface area (Å²) < 4.78 is 2.46. The van der Waals surface area contributed by atoms with E-state index in [1.807, 2.05) is 12.1 Å². The third kappa shape index (κ3) is 2.43. The Hall–Kier alpha value is -3.87. The summed E-state index contributed by atoms with van der Waals surface area (Å²) in [4.78, 5) is 39.4. The molecule has 1 atom stereocenters. The first-order valence-corrected chi connectivity index (χ1v) is 9.97. The maximum atomic E-state index is 13.5. The van der Waals surface area contributed by atoms with Crippen molar-refractivity contribution in [2.45, 2.75) is 19.8 Å². The molecule has 0 amide bonds. The van der Waals surface area contributed by atoms with Crippen LogP contribution in [0.15, 0.2) is 51.6 Å². The van der Waals surface area contributed by atoms with Crippen molar-refractivity contribution < 1.29 is 9.90 Å². The molecule has 1 aliphatic heterocycles. The van der Waals surface area contributed by atoms with Crippen LogP contribution in [-0.4, -0.2) is 20.0 Å². The number of hydrogen-bond acceptors (Lipinski definition) is 5. The van der Waals surface area contributed by atoms with Crippen molar-refractivity contribution in [1.29, 1.82) is 0 Å². The molecule has 0 spiro atoms. The number of anilines is 1. The number of phenolic OH excluding ortho intramolecular Hbond substituents is 1. The summed E-state index contributed by atoms with van der Waals surface area (Å²) in [5, 5.41) is 13.5. The zero-order valence-electron chi connectivity index (χ0n) is 17.6. The Kier molecular flexibility index (Phi) is 3.89. The van der Waals surface area contributed by atoms with Gasteiger partial charge in [-0.05, 0) is 30.5 Å². The first-order chi connectivity index (χ1) is 14.7. The topological polar surface area (TPSA) is 93.3 Å². The van der Waals surface area contributed by atoms with Gasteiger partial charge in [0.15, 0.2) is 5.78 Å². The highest BCUT2D eigenvalue weighted by molar-refractivity contribution is 6.23. The number of aromatic nitrogens is 2. The minimum atomic E-state index is -0.672. The van der Waals surface area contributed by atoms with Gasteiger partial charge >= 0.3 is 5.69 Å². The molecule has 7 heteroatoms. The lowest BCUT2D eigenvalue weighted by atomic mass is 9.80. The van der Waals surface area contributed by atoms with E-state index in [2.05, 4.69) is 5.32 Å². The smallest absolute Gasteiger partial charge is 0.332 e. The molecule has 31 heavy (non-hydrogen) atoms. The van der Waals surface area contributed by atoms with Crippen LogP contribution >= 0.6 is 0 Å². The maximum absolute atomic E-state index is 13.5. The Morgan fingerprint density at radius 2 is 1.55 bits per heavy atom. The molecule has 2 aromatic carbocycles. The summed E-state index contributed by atoms with van der Waals surface area (Å²) in [6.07, 6.45) is 0. The van der Waals surface area contributed by atoms with Crippen molar-refractivity contribution >= 4 is 17.3 Å². The average molecular weight is 415 g/mol. The zero-order valence-corrected chi connectivity index (χ0v) is 17.6. The fourth-order valence-corrected chi connectivity index (χ4v) is 4.75. The Morgan fingerprint density at radius 3 is 2.19 bits per heavy atom. The highest BCUT2D eigenvalue weighted by atomic mass is 16.3. The first kappa shape index (κ1) is 19.1. The largest absolute Gasteiger partial charge is 0.507 e. The van der Waals surface area contributed by atoms with Gasteiger partial charge in [0.2, 0.25) is 0 Å². The Labute approximate surface area is 177 Å². The second-order valence-electron chi connectivity index (χ2n) is 8.19. The number of Topliss-reactive ketones (excluding diaryl/α,β-unsaturated/α-hetero) is 1. The number of aryl methyl sites for hydroxylation is 2. The van der Waals surface area contributed by atoms with Gasteiger partial charge in [-0.3, -0.25) is 18.7 Å². The van der Waals surface area contributed by atoms with Crippen LogP contribution in [0.25, 0.3) is 5.70 Å². The molecule has 0 unspecified atom stereocenters. The van der Waals surface area contributed by atoms with Crippen LogP contribution in [-0.2, 0) is 14.1 Å². The lowest BCUT2D eigenvalue weighted by Crippen LogP contribution is -2.42. The molecule has 2 heterocycles. The predicted octanol–water partition coefficient (Wildman–Crippen LogP) is 2.57. The number of aromatic hydroxyl groups is 1. The number of benzene rings is 2. The number of carbonyl (C=O) groups excluding carboxylic acids is 1. The van der Waals surface area contributed by atoms with E-state index in [4.69, 9.17) is 0 Å². The lowest BCUT2D eigenvalue weighted by molar-refractivity contribution is 0.103. The van der Waals surface area contributed by atoms with Crippen molar-refractivity contribution in [3.63, 3.8) is 0 Å². The SMILES string of the molecule is Cc1cc([C@H]2C3=C(Nc4c2c(=O)n(C)c(=O)n4C)c2ccccc2C3=O)cc(C)c1O. The summed E-state index contributed by atoms with van der Waals surface area (Å²) in [5.41, 5.74) is 3.88. The number of nitrogens with zero attached hydrogens (tertiary/aromatic N) is 2. The quantitative estimate of drug-likeness (QED) is 0.637. The molecule has 1 aliphatic carbocycles. The maximum Gasteiger partial charge on any atom is 0.332 e. The molecule has 0 saturated heterocycles. The van der Waals surface area contributed by atoms with Crippen molar-refractivity contribution in [3.8, 4) is 5.75 Å². The zero-order chi connectivity index (χ0) is 22.2. The summed E-state index contributed by atoms with van der Waals surface area (Å²) in [5.74, 6) is -0.256. The van der Waals surface area contributed by atoms with Crippen molar-refractivity contribution in [1.82, 2.24) is 9.13 Å². The standard InChI is InChI=1S/C24H21N3O4/c1-11-9-13(10-12(2)20(11)28)16-17-19(14-7-5-6-8-15(14)21(17)29)25-22-18(16)23(30)27(4)24(31)26(22)3/h5-10,16,25,28H,1-4H3/t16-/m0/s1. The molecule has 2 aliphatic rings.